The van der Waals surface area contributed by atoms with Crippen LogP contribution in [0, 0.1) is 12.8 Å². The third-order valence-corrected chi connectivity index (χ3v) is 4.96. The normalized spacial score (nSPS) is 14.5. The predicted octanol–water partition coefficient (Wildman–Crippen LogP) is 3.47. The van der Waals surface area contributed by atoms with E-state index in [9.17, 15) is 4.79 Å². The maximum Gasteiger partial charge on any atom is 0.220 e. The van der Waals surface area contributed by atoms with Crippen LogP contribution in [-0.2, 0) is 11.3 Å². The Morgan fingerprint density at radius 2 is 2.00 bits per heavy atom. The van der Waals surface area contributed by atoms with Crippen LogP contribution in [0.4, 0.5) is 0 Å². The summed E-state index contributed by atoms with van der Waals surface area (Å²) < 4.78 is 2.23. The molecule has 1 fully saturated rings. The molecule has 1 aliphatic rings. The Kier molecular flexibility index (Phi) is 9.99. The molecule has 7 heteroatoms. The summed E-state index contributed by atoms with van der Waals surface area (Å²) in [6.45, 7) is 5.87. The molecular formula is C19H30Cl2N4O. The van der Waals surface area contributed by atoms with Gasteiger partial charge in [0.1, 0.15) is 5.82 Å². The van der Waals surface area contributed by atoms with Gasteiger partial charge in [0.15, 0.2) is 0 Å². The fourth-order valence-corrected chi connectivity index (χ4v) is 3.54. The summed E-state index contributed by atoms with van der Waals surface area (Å²) in [5.74, 6) is 1.95. The van der Waals surface area contributed by atoms with Crippen molar-refractivity contribution >= 4 is 41.8 Å². The molecular weight excluding hydrogens is 371 g/mol. The van der Waals surface area contributed by atoms with E-state index in [-0.39, 0.29) is 30.7 Å². The Labute approximate surface area is 168 Å². The van der Waals surface area contributed by atoms with E-state index >= 15 is 0 Å². The molecule has 1 saturated heterocycles. The minimum atomic E-state index is 0. The van der Waals surface area contributed by atoms with Crippen molar-refractivity contribution in [2.24, 2.45) is 5.92 Å². The van der Waals surface area contributed by atoms with Crippen LogP contribution in [-0.4, -0.2) is 35.1 Å². The third-order valence-electron chi connectivity index (χ3n) is 4.96. The van der Waals surface area contributed by atoms with E-state index in [4.69, 9.17) is 0 Å². The Balaban J connectivity index is 0.00000169. The summed E-state index contributed by atoms with van der Waals surface area (Å²) in [5, 5.41) is 6.43. The second-order valence-corrected chi connectivity index (χ2v) is 6.73. The number of amides is 1. The summed E-state index contributed by atoms with van der Waals surface area (Å²) in [6.07, 6.45) is 5.04. The molecule has 1 aromatic carbocycles. The lowest BCUT2D eigenvalue weighted by Gasteiger charge is -2.22. The lowest BCUT2D eigenvalue weighted by atomic mass is 9.93. The highest BCUT2D eigenvalue weighted by molar-refractivity contribution is 5.85. The van der Waals surface area contributed by atoms with Crippen molar-refractivity contribution in [3.05, 3.63) is 30.1 Å². The van der Waals surface area contributed by atoms with E-state index in [0.717, 1.165) is 56.3 Å². The average Bonchev–Trinajstić information content (AvgIpc) is 2.93. The van der Waals surface area contributed by atoms with Crippen molar-refractivity contribution in [1.82, 2.24) is 20.2 Å². The first kappa shape index (κ1) is 22.7. The molecule has 1 aromatic heterocycles. The van der Waals surface area contributed by atoms with Crippen LogP contribution < -0.4 is 10.6 Å². The number of para-hydroxylation sites is 2. The Morgan fingerprint density at radius 3 is 2.77 bits per heavy atom. The molecule has 1 amide bonds. The van der Waals surface area contributed by atoms with E-state index in [1.165, 1.54) is 18.4 Å². The molecule has 2 N–H and O–H groups in total. The third kappa shape index (κ3) is 6.15. The molecule has 0 atom stereocenters. The van der Waals surface area contributed by atoms with Gasteiger partial charge < -0.3 is 15.2 Å². The maximum absolute atomic E-state index is 12.0. The molecule has 26 heavy (non-hydrogen) atoms. The van der Waals surface area contributed by atoms with Crippen LogP contribution in [0.5, 0.6) is 0 Å². The van der Waals surface area contributed by atoms with Gasteiger partial charge in [-0.15, -0.1) is 24.8 Å². The molecule has 2 heterocycles. The summed E-state index contributed by atoms with van der Waals surface area (Å²) in [5.41, 5.74) is 2.22. The van der Waals surface area contributed by atoms with Crippen molar-refractivity contribution in [3.8, 4) is 0 Å². The monoisotopic (exact) mass is 400 g/mol. The number of carbonyl (C=O) groups is 1. The van der Waals surface area contributed by atoms with Gasteiger partial charge in [-0.3, -0.25) is 4.79 Å². The van der Waals surface area contributed by atoms with Crippen LogP contribution in [0.25, 0.3) is 11.0 Å². The number of hydrogen-bond donors (Lipinski definition) is 2. The van der Waals surface area contributed by atoms with Gasteiger partial charge in [0, 0.05) is 19.5 Å². The molecule has 0 bridgehead atoms. The number of fused-ring (bicyclic) bond motifs is 1. The molecule has 0 aliphatic carbocycles. The van der Waals surface area contributed by atoms with Gasteiger partial charge in [-0.05, 0) is 63.7 Å². The smallest absolute Gasteiger partial charge is 0.220 e. The number of piperidine rings is 1. The maximum atomic E-state index is 12.0. The Hall–Kier alpha value is -1.30. The Morgan fingerprint density at radius 1 is 1.27 bits per heavy atom. The standard InChI is InChI=1S/C19H28N4O.2ClH/c1-15-22-17-5-2-3-6-18(17)23(15)14-4-11-21-19(24)8-7-16-9-12-20-13-10-16;;/h2-3,5-6,16,20H,4,7-14H2,1H3,(H,21,24);2*1H. The highest BCUT2D eigenvalue weighted by Crippen LogP contribution is 2.17. The van der Waals surface area contributed by atoms with Crippen LogP contribution in [0.15, 0.2) is 24.3 Å². The highest BCUT2D eigenvalue weighted by atomic mass is 35.5. The van der Waals surface area contributed by atoms with Gasteiger partial charge >= 0.3 is 0 Å². The second-order valence-electron chi connectivity index (χ2n) is 6.73. The van der Waals surface area contributed by atoms with Gasteiger partial charge in [-0.25, -0.2) is 4.98 Å². The molecule has 3 rings (SSSR count). The van der Waals surface area contributed by atoms with Crippen molar-refractivity contribution < 1.29 is 4.79 Å². The quantitative estimate of drug-likeness (QED) is 0.699. The number of carbonyl (C=O) groups excluding carboxylic acids is 1. The van der Waals surface area contributed by atoms with Crippen LogP contribution in [0.1, 0.15) is 37.9 Å². The van der Waals surface area contributed by atoms with Crippen molar-refractivity contribution in [3.63, 3.8) is 0 Å². The SMILES string of the molecule is Cc1nc2ccccc2n1CCCNC(=O)CCC1CCNCC1.Cl.Cl. The molecule has 0 saturated carbocycles. The first-order chi connectivity index (χ1) is 11.7. The van der Waals surface area contributed by atoms with E-state index in [1.54, 1.807) is 0 Å². The number of aryl methyl sites for hydroxylation is 2. The topological polar surface area (TPSA) is 59.0 Å². The summed E-state index contributed by atoms with van der Waals surface area (Å²) in [7, 11) is 0. The van der Waals surface area contributed by atoms with E-state index in [1.807, 2.05) is 25.1 Å². The van der Waals surface area contributed by atoms with E-state index in [0.29, 0.717) is 6.42 Å². The van der Waals surface area contributed by atoms with Gasteiger partial charge in [-0.1, -0.05) is 12.1 Å². The van der Waals surface area contributed by atoms with Gasteiger partial charge in [0.2, 0.25) is 5.91 Å². The first-order valence-electron chi connectivity index (χ1n) is 9.13. The molecule has 1 aliphatic heterocycles. The van der Waals surface area contributed by atoms with Gasteiger partial charge in [-0.2, -0.15) is 0 Å². The number of rotatable bonds is 7. The lowest BCUT2D eigenvalue weighted by molar-refractivity contribution is -0.121. The number of nitrogens with one attached hydrogen (secondary N) is 2. The summed E-state index contributed by atoms with van der Waals surface area (Å²) >= 11 is 0. The molecule has 0 spiro atoms. The van der Waals surface area contributed by atoms with Gasteiger partial charge in [0.25, 0.3) is 0 Å². The zero-order chi connectivity index (χ0) is 16.8. The zero-order valence-corrected chi connectivity index (χ0v) is 17.0. The number of halogens is 2. The summed E-state index contributed by atoms with van der Waals surface area (Å²) in [6, 6.07) is 8.21. The van der Waals surface area contributed by atoms with Crippen molar-refractivity contribution in [2.45, 2.75) is 45.6 Å². The lowest BCUT2D eigenvalue weighted by Crippen LogP contribution is -2.30. The Bertz CT molecular complexity index is 683. The zero-order valence-electron chi connectivity index (χ0n) is 15.4. The summed E-state index contributed by atoms with van der Waals surface area (Å²) in [4.78, 5) is 16.6. The van der Waals surface area contributed by atoms with Gasteiger partial charge in [0.05, 0.1) is 11.0 Å². The van der Waals surface area contributed by atoms with Crippen LogP contribution in [0.2, 0.25) is 0 Å². The minimum Gasteiger partial charge on any atom is -0.356 e. The molecule has 5 nitrogen and oxygen atoms in total. The van der Waals surface area contributed by atoms with Crippen LogP contribution in [0.3, 0.4) is 0 Å². The highest BCUT2D eigenvalue weighted by Gasteiger charge is 2.14. The van der Waals surface area contributed by atoms with Crippen molar-refractivity contribution in [2.75, 3.05) is 19.6 Å². The molecule has 146 valence electrons. The number of nitrogens with zero attached hydrogens (tertiary/aromatic N) is 2. The van der Waals surface area contributed by atoms with E-state index < -0.39 is 0 Å². The van der Waals surface area contributed by atoms with Crippen LogP contribution >= 0.6 is 24.8 Å². The minimum absolute atomic E-state index is 0. The second kappa shape index (κ2) is 11.4. The predicted molar refractivity (Wildman–Crippen MR) is 111 cm³/mol. The number of aromatic nitrogens is 2. The van der Waals surface area contributed by atoms with Crippen molar-refractivity contribution in [1.29, 1.82) is 0 Å². The fraction of sp³-hybridized carbons (Fsp3) is 0.579. The number of benzene rings is 1. The molecule has 0 radical (unpaired) electrons. The van der Waals surface area contributed by atoms with E-state index in [2.05, 4.69) is 26.3 Å². The average molecular weight is 401 g/mol. The number of hydrogen-bond acceptors (Lipinski definition) is 3. The first-order valence-corrected chi connectivity index (χ1v) is 9.13. The fourth-order valence-electron chi connectivity index (χ4n) is 3.54. The largest absolute Gasteiger partial charge is 0.356 e. The molecule has 2 aromatic rings. The number of imidazole rings is 1. The molecule has 0 unspecified atom stereocenters.